The zero-order valence-electron chi connectivity index (χ0n) is 12.8. The third kappa shape index (κ3) is 4.34. The Hall–Kier alpha value is -0.820. The molecule has 1 fully saturated rings. The van der Waals surface area contributed by atoms with E-state index in [1.165, 1.54) is 0 Å². The predicted molar refractivity (Wildman–Crippen MR) is 78.5 cm³/mol. The van der Waals surface area contributed by atoms with Gasteiger partial charge in [0.2, 0.25) is 0 Å². The maximum Gasteiger partial charge on any atom is 0.407 e. The van der Waals surface area contributed by atoms with Gasteiger partial charge in [-0.05, 0) is 46.7 Å². The van der Waals surface area contributed by atoms with E-state index >= 15 is 0 Å². The molecule has 1 heterocycles. The molecule has 0 aromatic heterocycles. The molecule has 0 atom stereocenters. The van der Waals surface area contributed by atoms with Crippen LogP contribution in [0.1, 0.15) is 40.5 Å². The number of sulfone groups is 1. The number of hydrogen-bond acceptors (Lipinski definition) is 5. The van der Waals surface area contributed by atoms with Crippen LogP contribution in [0.5, 0.6) is 0 Å². The first-order valence-electron chi connectivity index (χ1n) is 7.02. The van der Waals surface area contributed by atoms with E-state index in [9.17, 15) is 13.2 Å². The van der Waals surface area contributed by atoms with Crippen LogP contribution < -0.4 is 10.6 Å². The predicted octanol–water partition coefficient (Wildman–Crippen LogP) is 1.07. The van der Waals surface area contributed by atoms with Crippen molar-refractivity contribution in [2.24, 2.45) is 0 Å². The van der Waals surface area contributed by atoms with Crippen LogP contribution in [0.4, 0.5) is 4.79 Å². The quantitative estimate of drug-likeness (QED) is 0.811. The molecule has 7 heteroatoms. The lowest BCUT2D eigenvalue weighted by Crippen LogP contribution is -2.55. The summed E-state index contributed by atoms with van der Waals surface area (Å²) in [6.07, 6.45) is 0.458. The number of carbonyl (C=O) groups excluding carboxylic acids is 1. The number of nitrogens with one attached hydrogen (secondary N) is 2. The Morgan fingerprint density at radius 1 is 1.30 bits per heavy atom. The van der Waals surface area contributed by atoms with Gasteiger partial charge in [-0.3, -0.25) is 0 Å². The molecule has 0 radical (unpaired) electrons. The van der Waals surface area contributed by atoms with Gasteiger partial charge in [0.25, 0.3) is 0 Å². The number of rotatable bonds is 4. The molecule has 0 aromatic rings. The van der Waals surface area contributed by atoms with Crippen molar-refractivity contribution in [3.05, 3.63) is 0 Å². The molecule has 1 rings (SSSR count). The lowest BCUT2D eigenvalue weighted by molar-refractivity contribution is 0.0519. The molecule has 1 aliphatic heterocycles. The molecule has 0 spiro atoms. The average Bonchev–Trinajstić information content (AvgIpc) is 2.35. The second-order valence-electron chi connectivity index (χ2n) is 6.19. The molecular formula is C13H26N2O4S. The largest absolute Gasteiger partial charge is 0.444 e. The molecule has 6 nitrogen and oxygen atoms in total. The fraction of sp³-hybridized carbons (Fsp3) is 0.923. The van der Waals surface area contributed by atoms with Gasteiger partial charge in [0.1, 0.15) is 5.60 Å². The monoisotopic (exact) mass is 306 g/mol. The van der Waals surface area contributed by atoms with Crippen LogP contribution >= 0.6 is 0 Å². The van der Waals surface area contributed by atoms with E-state index in [-0.39, 0.29) is 12.3 Å². The first-order valence-corrected chi connectivity index (χ1v) is 8.67. The highest BCUT2D eigenvalue weighted by Gasteiger charge is 2.43. The topological polar surface area (TPSA) is 84.5 Å². The summed E-state index contributed by atoms with van der Waals surface area (Å²) in [4.78, 5) is 11.7. The van der Waals surface area contributed by atoms with E-state index in [0.717, 1.165) is 0 Å². The third-order valence-corrected chi connectivity index (χ3v) is 6.14. The summed E-state index contributed by atoms with van der Waals surface area (Å²) < 4.78 is 29.0. The zero-order valence-corrected chi connectivity index (χ0v) is 13.6. The Kier molecular flexibility index (Phi) is 5.43. The maximum atomic E-state index is 12.4. The standard InChI is InChI=1S/C13H26N2O4S/c1-5-20(17,18)13(6-8-14-9-7-13)10-15-11(16)19-12(2,3)4/h14H,5-10H2,1-4H3,(H,15,16). The average molecular weight is 306 g/mol. The van der Waals surface area contributed by atoms with Gasteiger partial charge in [-0.25, -0.2) is 13.2 Å². The maximum absolute atomic E-state index is 12.4. The van der Waals surface area contributed by atoms with Gasteiger partial charge in [-0.2, -0.15) is 0 Å². The molecule has 0 aromatic carbocycles. The van der Waals surface area contributed by atoms with Gasteiger partial charge in [0, 0.05) is 12.3 Å². The van der Waals surface area contributed by atoms with Crippen molar-refractivity contribution in [1.29, 1.82) is 0 Å². The highest BCUT2D eigenvalue weighted by Crippen LogP contribution is 2.28. The van der Waals surface area contributed by atoms with E-state index < -0.39 is 26.3 Å². The van der Waals surface area contributed by atoms with E-state index in [0.29, 0.717) is 25.9 Å². The molecule has 20 heavy (non-hydrogen) atoms. The molecule has 0 bridgehead atoms. The van der Waals surface area contributed by atoms with E-state index in [2.05, 4.69) is 10.6 Å². The number of piperidine rings is 1. The molecule has 1 amide bonds. The summed E-state index contributed by atoms with van der Waals surface area (Å²) >= 11 is 0. The van der Waals surface area contributed by atoms with Crippen LogP contribution in [-0.4, -0.2) is 50.2 Å². The first-order chi connectivity index (χ1) is 9.12. The van der Waals surface area contributed by atoms with E-state index in [1.807, 2.05) is 0 Å². The van der Waals surface area contributed by atoms with Crippen LogP contribution in [0.2, 0.25) is 0 Å². The van der Waals surface area contributed by atoms with Gasteiger partial charge >= 0.3 is 6.09 Å². The van der Waals surface area contributed by atoms with Crippen LogP contribution in [0, 0.1) is 0 Å². The van der Waals surface area contributed by atoms with Gasteiger partial charge < -0.3 is 15.4 Å². The molecular weight excluding hydrogens is 280 g/mol. The third-order valence-electron chi connectivity index (χ3n) is 3.51. The summed E-state index contributed by atoms with van der Waals surface area (Å²) in [5.41, 5.74) is -0.588. The van der Waals surface area contributed by atoms with Crippen molar-refractivity contribution in [3.8, 4) is 0 Å². The SMILES string of the molecule is CCS(=O)(=O)C1(CNC(=O)OC(C)(C)C)CCNCC1. The zero-order chi connectivity index (χ0) is 15.4. The Morgan fingerprint density at radius 3 is 2.30 bits per heavy atom. The minimum Gasteiger partial charge on any atom is -0.444 e. The van der Waals surface area contributed by atoms with Gasteiger partial charge in [0.05, 0.1) is 4.75 Å². The molecule has 118 valence electrons. The summed E-state index contributed by atoms with van der Waals surface area (Å²) in [5.74, 6) is 0.0863. The Bertz CT molecular complexity index is 434. The Labute approximate surface area is 121 Å². The van der Waals surface area contributed by atoms with E-state index in [1.54, 1.807) is 27.7 Å². The van der Waals surface area contributed by atoms with Crippen LogP contribution in [0.15, 0.2) is 0 Å². The number of amides is 1. The van der Waals surface area contributed by atoms with Crippen molar-refractivity contribution in [1.82, 2.24) is 10.6 Å². The Morgan fingerprint density at radius 2 is 1.85 bits per heavy atom. The normalized spacial score (nSPS) is 19.4. The number of hydrogen-bond donors (Lipinski definition) is 2. The summed E-state index contributed by atoms with van der Waals surface area (Å²) in [6.45, 7) is 8.37. The summed E-state index contributed by atoms with van der Waals surface area (Å²) in [7, 11) is -3.23. The smallest absolute Gasteiger partial charge is 0.407 e. The van der Waals surface area contributed by atoms with Crippen molar-refractivity contribution in [2.75, 3.05) is 25.4 Å². The molecule has 1 aliphatic rings. The fourth-order valence-corrected chi connectivity index (χ4v) is 4.06. The highest BCUT2D eigenvalue weighted by molar-refractivity contribution is 7.92. The molecule has 1 saturated heterocycles. The number of alkyl carbamates (subject to hydrolysis) is 1. The lowest BCUT2D eigenvalue weighted by atomic mass is 9.97. The lowest BCUT2D eigenvalue weighted by Gasteiger charge is -2.37. The number of ether oxygens (including phenoxy) is 1. The molecule has 2 N–H and O–H groups in total. The van der Waals surface area contributed by atoms with Crippen molar-refractivity contribution in [2.45, 2.75) is 50.9 Å². The molecule has 0 saturated carbocycles. The first kappa shape index (κ1) is 17.2. The van der Waals surface area contributed by atoms with Gasteiger partial charge in [0.15, 0.2) is 9.84 Å². The Balaban J connectivity index is 2.75. The van der Waals surface area contributed by atoms with Crippen molar-refractivity contribution >= 4 is 15.9 Å². The second-order valence-corrected chi connectivity index (χ2v) is 8.86. The van der Waals surface area contributed by atoms with E-state index in [4.69, 9.17) is 4.74 Å². The summed E-state index contributed by atoms with van der Waals surface area (Å²) in [6, 6.07) is 0. The van der Waals surface area contributed by atoms with Crippen LogP contribution in [-0.2, 0) is 14.6 Å². The minimum absolute atomic E-state index is 0.0863. The van der Waals surface area contributed by atoms with Gasteiger partial charge in [-0.15, -0.1) is 0 Å². The molecule has 0 unspecified atom stereocenters. The van der Waals surface area contributed by atoms with Gasteiger partial charge in [-0.1, -0.05) is 6.92 Å². The molecule has 0 aliphatic carbocycles. The second kappa shape index (κ2) is 6.30. The van der Waals surface area contributed by atoms with Crippen molar-refractivity contribution in [3.63, 3.8) is 0 Å². The van der Waals surface area contributed by atoms with Crippen LogP contribution in [0.25, 0.3) is 0 Å². The number of carbonyl (C=O) groups is 1. The minimum atomic E-state index is -3.23. The van der Waals surface area contributed by atoms with Crippen molar-refractivity contribution < 1.29 is 17.9 Å². The fourth-order valence-electron chi connectivity index (χ4n) is 2.33. The highest BCUT2D eigenvalue weighted by atomic mass is 32.2. The summed E-state index contributed by atoms with van der Waals surface area (Å²) in [5, 5.41) is 5.78. The van der Waals surface area contributed by atoms with Crippen LogP contribution in [0.3, 0.4) is 0 Å².